The molecule has 0 saturated heterocycles. The van der Waals surface area contributed by atoms with Crippen molar-refractivity contribution in [2.45, 2.75) is 12.6 Å². The highest BCUT2D eigenvalue weighted by Gasteiger charge is 2.30. The van der Waals surface area contributed by atoms with Gasteiger partial charge in [0.05, 0.1) is 11.5 Å². The van der Waals surface area contributed by atoms with Crippen LogP contribution in [0.15, 0.2) is 42.5 Å². The molecule has 0 aromatic heterocycles. The van der Waals surface area contributed by atoms with Crippen LogP contribution in [0.1, 0.15) is 22.8 Å². The number of hydrogen-bond donors (Lipinski definition) is 1. The zero-order valence-corrected chi connectivity index (χ0v) is 14.1. The van der Waals surface area contributed by atoms with Crippen LogP contribution in [-0.2, 0) is 5.67 Å². The fourth-order valence-corrected chi connectivity index (χ4v) is 2.78. The van der Waals surface area contributed by atoms with E-state index in [1.54, 1.807) is 0 Å². The molecule has 0 fully saturated rings. The summed E-state index contributed by atoms with van der Waals surface area (Å²) in [6.07, 6.45) is 0. The van der Waals surface area contributed by atoms with Gasteiger partial charge >= 0.3 is 0 Å². The maximum atomic E-state index is 14.9. The molecule has 1 N–H and O–H groups in total. The lowest BCUT2D eigenvalue weighted by molar-refractivity contribution is -0.385. The minimum Gasteiger partial charge on any atom is -0.348 e. The molecule has 0 unspecified atom stereocenters. The zero-order chi connectivity index (χ0) is 17.9. The van der Waals surface area contributed by atoms with Crippen LogP contribution >= 0.6 is 23.2 Å². The van der Waals surface area contributed by atoms with Crippen molar-refractivity contribution in [1.82, 2.24) is 5.32 Å². The van der Waals surface area contributed by atoms with E-state index >= 15 is 0 Å². The van der Waals surface area contributed by atoms with Crippen LogP contribution < -0.4 is 5.32 Å². The summed E-state index contributed by atoms with van der Waals surface area (Å²) in [5.74, 6) is -0.740. The third kappa shape index (κ3) is 4.01. The first-order valence-electron chi connectivity index (χ1n) is 6.88. The monoisotopic (exact) mass is 370 g/mol. The number of benzene rings is 2. The fourth-order valence-electron chi connectivity index (χ4n) is 2.17. The Bertz CT molecular complexity index is 797. The molecule has 0 bridgehead atoms. The number of hydrogen-bond acceptors (Lipinski definition) is 3. The summed E-state index contributed by atoms with van der Waals surface area (Å²) in [5, 5.41) is 13.8. The minimum absolute atomic E-state index is 0.132. The number of halogens is 3. The van der Waals surface area contributed by atoms with E-state index in [1.807, 2.05) is 0 Å². The second-order valence-electron chi connectivity index (χ2n) is 5.28. The number of carbonyl (C=O) groups is 1. The van der Waals surface area contributed by atoms with E-state index < -0.39 is 23.0 Å². The van der Waals surface area contributed by atoms with Crippen molar-refractivity contribution in [2.75, 3.05) is 6.54 Å². The summed E-state index contributed by atoms with van der Waals surface area (Å²) in [6.45, 7) is 0.848. The first-order chi connectivity index (χ1) is 11.2. The van der Waals surface area contributed by atoms with E-state index in [4.69, 9.17) is 23.2 Å². The highest BCUT2D eigenvalue weighted by atomic mass is 35.5. The van der Waals surface area contributed by atoms with Crippen LogP contribution in [0.2, 0.25) is 10.0 Å². The second kappa shape index (κ2) is 7.15. The van der Waals surface area contributed by atoms with E-state index in [1.165, 1.54) is 49.4 Å². The third-order valence-corrected chi connectivity index (χ3v) is 3.97. The molecule has 1 atom stereocenters. The Morgan fingerprint density at radius 1 is 1.29 bits per heavy atom. The quantitative estimate of drug-likeness (QED) is 0.621. The average molecular weight is 371 g/mol. The van der Waals surface area contributed by atoms with Gasteiger partial charge in [-0.15, -0.1) is 0 Å². The number of alkyl halides is 1. The lowest BCUT2D eigenvalue weighted by Gasteiger charge is -2.22. The summed E-state index contributed by atoms with van der Waals surface area (Å²) in [5.41, 5.74) is -2.29. The molecular formula is C16H13Cl2FN2O3. The van der Waals surface area contributed by atoms with Crippen LogP contribution in [0.4, 0.5) is 10.1 Å². The van der Waals surface area contributed by atoms with Crippen molar-refractivity contribution in [3.8, 4) is 0 Å². The maximum Gasteiger partial charge on any atom is 0.282 e. The van der Waals surface area contributed by atoms with Crippen molar-refractivity contribution in [2.24, 2.45) is 0 Å². The summed E-state index contributed by atoms with van der Waals surface area (Å²) >= 11 is 11.8. The Morgan fingerprint density at radius 3 is 2.58 bits per heavy atom. The number of nitrogens with one attached hydrogen (secondary N) is 1. The van der Waals surface area contributed by atoms with Crippen LogP contribution in [-0.4, -0.2) is 17.4 Å². The number of rotatable bonds is 5. The Hall–Kier alpha value is -2.18. The van der Waals surface area contributed by atoms with Gasteiger partial charge in [0.2, 0.25) is 0 Å². The van der Waals surface area contributed by atoms with Gasteiger partial charge in [-0.2, -0.15) is 0 Å². The first kappa shape index (κ1) is 18.2. The molecule has 126 valence electrons. The number of nitrogens with zero attached hydrogens (tertiary/aromatic N) is 1. The number of nitro benzene ring substituents is 1. The highest BCUT2D eigenvalue weighted by molar-refractivity contribution is 6.35. The highest BCUT2D eigenvalue weighted by Crippen LogP contribution is 2.33. The molecule has 8 heteroatoms. The molecule has 2 aromatic carbocycles. The molecule has 0 radical (unpaired) electrons. The maximum absolute atomic E-state index is 14.9. The molecule has 0 heterocycles. The van der Waals surface area contributed by atoms with Gasteiger partial charge in [0, 0.05) is 21.7 Å². The molecule has 2 rings (SSSR count). The topological polar surface area (TPSA) is 72.2 Å². The Labute approximate surface area is 147 Å². The molecular weight excluding hydrogens is 358 g/mol. The Morgan fingerprint density at radius 2 is 1.96 bits per heavy atom. The summed E-state index contributed by atoms with van der Waals surface area (Å²) in [6, 6.07) is 9.78. The van der Waals surface area contributed by atoms with Crippen molar-refractivity contribution >= 4 is 34.8 Å². The number of amides is 1. The predicted octanol–water partition coefficient (Wildman–Crippen LogP) is 4.52. The van der Waals surface area contributed by atoms with Crippen molar-refractivity contribution < 1.29 is 14.1 Å². The van der Waals surface area contributed by atoms with E-state index in [2.05, 4.69) is 5.32 Å². The molecule has 2 aromatic rings. The molecule has 0 aliphatic carbocycles. The summed E-state index contributed by atoms with van der Waals surface area (Å²) < 4.78 is 14.9. The van der Waals surface area contributed by atoms with Crippen LogP contribution in [0, 0.1) is 10.1 Å². The SMILES string of the molecule is C[C@@](F)(CNC(=O)c1ccccc1[N+](=O)[O-])c1ccc(Cl)cc1Cl. The van der Waals surface area contributed by atoms with Crippen LogP contribution in [0.5, 0.6) is 0 Å². The van der Waals surface area contributed by atoms with Gasteiger partial charge in [-0.3, -0.25) is 14.9 Å². The molecule has 0 aliphatic rings. The molecule has 0 saturated carbocycles. The van der Waals surface area contributed by atoms with Gasteiger partial charge in [-0.1, -0.05) is 41.4 Å². The standard InChI is InChI=1S/C16H13Cl2FN2O3/c1-16(19,12-7-6-10(17)8-13(12)18)9-20-15(22)11-4-2-3-5-14(11)21(23)24/h2-8H,9H2,1H3,(H,20,22)/t16-/m1/s1. The fraction of sp³-hybridized carbons (Fsp3) is 0.188. The van der Waals surface area contributed by atoms with Gasteiger partial charge < -0.3 is 5.32 Å². The average Bonchev–Trinajstić information content (AvgIpc) is 2.52. The number of para-hydroxylation sites is 1. The van der Waals surface area contributed by atoms with Crippen molar-refractivity contribution in [3.05, 3.63) is 73.8 Å². The largest absolute Gasteiger partial charge is 0.348 e. The van der Waals surface area contributed by atoms with Crippen molar-refractivity contribution in [1.29, 1.82) is 0 Å². The first-order valence-corrected chi connectivity index (χ1v) is 7.64. The molecule has 5 nitrogen and oxygen atoms in total. The van der Waals surface area contributed by atoms with E-state index in [-0.39, 0.29) is 21.8 Å². The summed E-state index contributed by atoms with van der Waals surface area (Å²) in [4.78, 5) is 22.4. The van der Waals surface area contributed by atoms with Gasteiger partial charge in [0.1, 0.15) is 5.56 Å². The van der Waals surface area contributed by atoms with E-state index in [9.17, 15) is 19.3 Å². The summed E-state index contributed by atoms with van der Waals surface area (Å²) in [7, 11) is 0. The second-order valence-corrected chi connectivity index (χ2v) is 6.12. The minimum atomic E-state index is -1.97. The Kier molecular flexibility index (Phi) is 5.41. The van der Waals surface area contributed by atoms with Crippen LogP contribution in [0.3, 0.4) is 0 Å². The Balaban J connectivity index is 2.17. The van der Waals surface area contributed by atoms with Gasteiger partial charge in [0.15, 0.2) is 5.67 Å². The lowest BCUT2D eigenvalue weighted by atomic mass is 9.97. The third-order valence-electron chi connectivity index (χ3n) is 3.42. The molecule has 24 heavy (non-hydrogen) atoms. The zero-order valence-electron chi connectivity index (χ0n) is 12.6. The van der Waals surface area contributed by atoms with E-state index in [0.29, 0.717) is 5.02 Å². The molecule has 0 spiro atoms. The van der Waals surface area contributed by atoms with Gasteiger partial charge in [-0.25, -0.2) is 4.39 Å². The van der Waals surface area contributed by atoms with Gasteiger partial charge in [-0.05, 0) is 25.1 Å². The molecule has 1 amide bonds. The smallest absolute Gasteiger partial charge is 0.282 e. The predicted molar refractivity (Wildman–Crippen MR) is 90.4 cm³/mol. The number of carbonyl (C=O) groups excluding carboxylic acids is 1. The van der Waals surface area contributed by atoms with Gasteiger partial charge in [0.25, 0.3) is 11.6 Å². The lowest BCUT2D eigenvalue weighted by Crippen LogP contribution is -2.36. The van der Waals surface area contributed by atoms with Crippen molar-refractivity contribution in [3.63, 3.8) is 0 Å². The van der Waals surface area contributed by atoms with E-state index in [0.717, 1.165) is 0 Å². The van der Waals surface area contributed by atoms with Crippen LogP contribution in [0.25, 0.3) is 0 Å². The number of nitro groups is 1. The normalized spacial score (nSPS) is 13.2. The molecule has 0 aliphatic heterocycles.